The summed E-state index contributed by atoms with van der Waals surface area (Å²) >= 11 is 7.24. The maximum atomic E-state index is 13.9. The molecule has 4 rings (SSSR count). The van der Waals surface area contributed by atoms with E-state index >= 15 is 0 Å². The lowest BCUT2D eigenvalue weighted by Crippen LogP contribution is -2.55. The predicted octanol–water partition coefficient (Wildman–Crippen LogP) is 3.26. The lowest BCUT2D eigenvalue weighted by Gasteiger charge is -2.36. The standard InChI is InChI=1S/C17H18ClF2N7OS/c1-27-6-10(14(18)26-27)24-15(28)8-7-29-16-12(8)25-11(5-22-16)23-9-3-2-4-17(19,20)13(9)21/h5-7,9,13H,2-4,21H2,1H3,(H,23,25)(H,24,28)/t9?,13-/m1/s1. The van der Waals surface area contributed by atoms with Gasteiger partial charge in [0.1, 0.15) is 16.2 Å². The number of amides is 1. The van der Waals surface area contributed by atoms with Crippen molar-refractivity contribution >= 4 is 50.7 Å². The minimum Gasteiger partial charge on any atom is -0.364 e. The molecular formula is C17H18ClF2N7OS. The Morgan fingerprint density at radius 3 is 3.00 bits per heavy atom. The Labute approximate surface area is 173 Å². The van der Waals surface area contributed by atoms with Gasteiger partial charge in [-0.3, -0.25) is 9.48 Å². The van der Waals surface area contributed by atoms with E-state index in [1.807, 2.05) is 0 Å². The van der Waals surface area contributed by atoms with Gasteiger partial charge in [0.25, 0.3) is 11.8 Å². The molecule has 0 saturated heterocycles. The van der Waals surface area contributed by atoms with Crippen LogP contribution in [0.5, 0.6) is 0 Å². The lowest BCUT2D eigenvalue weighted by molar-refractivity contribution is -0.0554. The molecule has 1 unspecified atom stereocenters. The highest BCUT2D eigenvalue weighted by atomic mass is 35.5. The monoisotopic (exact) mass is 441 g/mol. The van der Waals surface area contributed by atoms with Gasteiger partial charge in [-0.25, -0.2) is 18.7 Å². The zero-order valence-corrected chi connectivity index (χ0v) is 16.9. The van der Waals surface area contributed by atoms with Gasteiger partial charge in [0.05, 0.1) is 23.5 Å². The smallest absolute Gasteiger partial charge is 0.264 e. The molecule has 0 spiro atoms. The number of aryl methyl sites for hydroxylation is 1. The van der Waals surface area contributed by atoms with Gasteiger partial charge in [-0.05, 0) is 12.8 Å². The number of aromatic nitrogens is 4. The van der Waals surface area contributed by atoms with Crippen molar-refractivity contribution in [1.29, 1.82) is 0 Å². The fourth-order valence-corrected chi connectivity index (χ4v) is 4.37. The fourth-order valence-electron chi connectivity index (χ4n) is 3.33. The Morgan fingerprint density at radius 1 is 1.48 bits per heavy atom. The van der Waals surface area contributed by atoms with E-state index in [0.717, 1.165) is 0 Å². The number of alkyl halides is 2. The van der Waals surface area contributed by atoms with Crippen molar-refractivity contribution in [2.45, 2.75) is 37.3 Å². The second-order valence-electron chi connectivity index (χ2n) is 6.95. The second kappa shape index (κ2) is 7.47. The van der Waals surface area contributed by atoms with Crippen LogP contribution in [0.3, 0.4) is 0 Å². The fraction of sp³-hybridized carbons (Fsp3) is 0.412. The van der Waals surface area contributed by atoms with Crippen LogP contribution in [-0.2, 0) is 7.05 Å². The Balaban J connectivity index is 1.58. The van der Waals surface area contributed by atoms with Crippen molar-refractivity contribution in [2.75, 3.05) is 10.6 Å². The molecule has 154 valence electrons. The van der Waals surface area contributed by atoms with Crippen molar-refractivity contribution in [1.82, 2.24) is 19.7 Å². The first-order valence-corrected chi connectivity index (χ1v) is 10.1. The van der Waals surface area contributed by atoms with Crippen molar-refractivity contribution in [3.05, 3.63) is 28.5 Å². The average Bonchev–Trinajstić information content (AvgIpc) is 3.21. The van der Waals surface area contributed by atoms with Crippen LogP contribution in [0.25, 0.3) is 10.3 Å². The Kier molecular flexibility index (Phi) is 5.13. The number of hydrogen-bond acceptors (Lipinski definition) is 7. The lowest BCUT2D eigenvalue weighted by atomic mass is 9.87. The minimum atomic E-state index is -2.93. The van der Waals surface area contributed by atoms with E-state index in [-0.39, 0.29) is 11.6 Å². The third-order valence-electron chi connectivity index (χ3n) is 4.84. The topological polar surface area (TPSA) is 111 Å². The molecule has 2 atom stereocenters. The van der Waals surface area contributed by atoms with E-state index in [2.05, 4.69) is 25.7 Å². The number of thiophene rings is 1. The number of nitrogens with zero attached hydrogens (tertiary/aromatic N) is 4. The first kappa shape index (κ1) is 19.9. The first-order chi connectivity index (χ1) is 13.7. The predicted molar refractivity (Wildman–Crippen MR) is 108 cm³/mol. The summed E-state index contributed by atoms with van der Waals surface area (Å²) in [5, 5.41) is 11.4. The summed E-state index contributed by atoms with van der Waals surface area (Å²) in [6.07, 6.45) is 3.69. The Bertz CT molecular complexity index is 1070. The van der Waals surface area contributed by atoms with Crippen LogP contribution in [0.2, 0.25) is 5.15 Å². The number of nitrogens with one attached hydrogen (secondary N) is 2. The second-order valence-corrected chi connectivity index (χ2v) is 8.17. The van der Waals surface area contributed by atoms with Crippen molar-refractivity contribution in [2.24, 2.45) is 12.8 Å². The van der Waals surface area contributed by atoms with E-state index in [1.165, 1.54) is 22.2 Å². The van der Waals surface area contributed by atoms with E-state index in [0.29, 0.717) is 40.3 Å². The number of carbonyl (C=O) groups excluding carboxylic acids is 1. The maximum Gasteiger partial charge on any atom is 0.264 e. The number of halogens is 3. The zero-order chi connectivity index (χ0) is 20.8. The first-order valence-electron chi connectivity index (χ1n) is 8.89. The highest BCUT2D eigenvalue weighted by molar-refractivity contribution is 7.17. The van der Waals surface area contributed by atoms with Crippen LogP contribution in [0, 0.1) is 0 Å². The molecule has 3 aromatic heterocycles. The SMILES string of the molecule is Cn1cc(NC(=O)c2csc3ncc(NC4CCCC(F)(F)[C@@H]4N)nc23)c(Cl)n1. The van der Waals surface area contributed by atoms with Gasteiger partial charge in [-0.2, -0.15) is 5.10 Å². The summed E-state index contributed by atoms with van der Waals surface area (Å²) in [6, 6.07) is -1.94. The van der Waals surface area contributed by atoms with Crippen LogP contribution in [0.1, 0.15) is 29.6 Å². The summed E-state index contributed by atoms with van der Waals surface area (Å²) in [4.78, 5) is 21.9. The number of rotatable bonds is 4. The molecule has 1 aliphatic carbocycles. The largest absolute Gasteiger partial charge is 0.364 e. The zero-order valence-electron chi connectivity index (χ0n) is 15.3. The molecule has 0 aliphatic heterocycles. The van der Waals surface area contributed by atoms with Crippen molar-refractivity contribution in [3.63, 3.8) is 0 Å². The summed E-state index contributed by atoms with van der Waals surface area (Å²) in [6.45, 7) is 0. The van der Waals surface area contributed by atoms with Crippen LogP contribution < -0.4 is 16.4 Å². The number of anilines is 2. The molecule has 0 aromatic carbocycles. The molecule has 1 aliphatic rings. The molecule has 29 heavy (non-hydrogen) atoms. The van der Waals surface area contributed by atoms with Gasteiger partial charge in [-0.1, -0.05) is 11.6 Å². The van der Waals surface area contributed by atoms with E-state index in [1.54, 1.807) is 18.6 Å². The van der Waals surface area contributed by atoms with Crippen LogP contribution in [-0.4, -0.2) is 43.7 Å². The third kappa shape index (κ3) is 3.89. The van der Waals surface area contributed by atoms with Gasteiger partial charge in [0.2, 0.25) is 0 Å². The molecule has 12 heteroatoms. The highest BCUT2D eigenvalue weighted by Crippen LogP contribution is 2.34. The maximum absolute atomic E-state index is 13.9. The molecule has 3 heterocycles. The summed E-state index contributed by atoms with van der Waals surface area (Å²) in [5.74, 6) is -3.05. The molecular weight excluding hydrogens is 424 g/mol. The van der Waals surface area contributed by atoms with Crippen LogP contribution in [0.4, 0.5) is 20.3 Å². The molecule has 1 fully saturated rings. The number of hydrogen-bond donors (Lipinski definition) is 3. The van der Waals surface area contributed by atoms with Gasteiger partial charge in [0, 0.05) is 31.1 Å². The average molecular weight is 442 g/mol. The third-order valence-corrected chi connectivity index (χ3v) is 5.99. The molecule has 0 radical (unpaired) electrons. The number of carbonyl (C=O) groups is 1. The highest BCUT2D eigenvalue weighted by Gasteiger charge is 2.44. The van der Waals surface area contributed by atoms with Crippen LogP contribution in [0.15, 0.2) is 17.8 Å². The number of nitrogens with two attached hydrogens (primary N) is 1. The summed E-state index contributed by atoms with van der Waals surface area (Å²) in [7, 11) is 1.68. The normalized spacial score (nSPS) is 21.3. The summed E-state index contributed by atoms with van der Waals surface area (Å²) in [5.41, 5.74) is 6.78. The quantitative estimate of drug-likeness (QED) is 0.573. The minimum absolute atomic E-state index is 0.168. The van der Waals surface area contributed by atoms with Crippen molar-refractivity contribution < 1.29 is 13.6 Å². The van der Waals surface area contributed by atoms with Gasteiger partial charge >= 0.3 is 0 Å². The van der Waals surface area contributed by atoms with E-state index in [9.17, 15) is 13.6 Å². The Hall–Kier alpha value is -2.37. The summed E-state index contributed by atoms with van der Waals surface area (Å²) < 4.78 is 29.3. The van der Waals surface area contributed by atoms with Gasteiger partial charge in [0.15, 0.2) is 5.15 Å². The molecule has 4 N–H and O–H groups in total. The van der Waals surface area contributed by atoms with Gasteiger partial charge in [-0.15, -0.1) is 11.3 Å². The molecule has 0 bridgehead atoms. The molecule has 8 nitrogen and oxygen atoms in total. The Morgan fingerprint density at radius 2 is 2.28 bits per heavy atom. The van der Waals surface area contributed by atoms with E-state index in [4.69, 9.17) is 17.3 Å². The van der Waals surface area contributed by atoms with Crippen molar-refractivity contribution in [3.8, 4) is 0 Å². The number of fused-ring (bicyclic) bond motifs is 1. The van der Waals surface area contributed by atoms with Gasteiger partial charge < -0.3 is 16.4 Å². The van der Waals surface area contributed by atoms with E-state index < -0.39 is 23.9 Å². The van der Waals surface area contributed by atoms with Crippen LogP contribution >= 0.6 is 22.9 Å². The molecule has 1 amide bonds. The molecule has 3 aromatic rings. The molecule has 1 saturated carbocycles.